The smallest absolute Gasteiger partial charge is 0.408 e. The van der Waals surface area contributed by atoms with E-state index in [1.165, 1.54) is 0 Å². The summed E-state index contributed by atoms with van der Waals surface area (Å²) in [5.74, 6) is 0.444. The number of aromatic amines is 1. The number of carbonyl (C=O) groups excluding carboxylic acids is 1. The van der Waals surface area contributed by atoms with Crippen LogP contribution < -0.4 is 5.32 Å². The van der Waals surface area contributed by atoms with Gasteiger partial charge in [-0.15, -0.1) is 5.10 Å². The van der Waals surface area contributed by atoms with Crippen molar-refractivity contribution in [3.8, 4) is 0 Å². The Labute approximate surface area is 111 Å². The zero-order chi connectivity index (χ0) is 13.9. The van der Waals surface area contributed by atoms with Crippen molar-refractivity contribution in [2.45, 2.75) is 46.3 Å². The predicted molar refractivity (Wildman–Crippen MR) is 68.6 cm³/mol. The summed E-state index contributed by atoms with van der Waals surface area (Å²) >= 11 is 4.81. The predicted octanol–water partition coefficient (Wildman–Crippen LogP) is 2.95. The molecule has 6 nitrogen and oxygen atoms in total. The number of amides is 1. The molecule has 0 fully saturated rings. The lowest BCUT2D eigenvalue weighted by Gasteiger charge is -2.23. The molecule has 1 aromatic heterocycles. The number of aromatic nitrogens is 2. The summed E-state index contributed by atoms with van der Waals surface area (Å²) in [7, 11) is 0. The molecule has 7 heteroatoms. The van der Waals surface area contributed by atoms with Crippen LogP contribution in [-0.4, -0.2) is 21.9 Å². The standard InChI is InChI=1S/C11H19N3O3S/c1-6(2)7(8-13-14-10(18)16-8)12-9(15)17-11(3,4)5/h6-7H,1-5H3,(H,12,15)(H,14,18). The highest BCUT2D eigenvalue weighted by atomic mass is 32.1. The Bertz CT molecular complexity index is 459. The molecule has 0 aliphatic heterocycles. The Morgan fingerprint density at radius 2 is 2.11 bits per heavy atom. The van der Waals surface area contributed by atoms with Crippen LogP contribution >= 0.6 is 12.2 Å². The van der Waals surface area contributed by atoms with Gasteiger partial charge in [-0.3, -0.25) is 0 Å². The summed E-state index contributed by atoms with van der Waals surface area (Å²) in [5.41, 5.74) is -0.544. The fourth-order valence-corrected chi connectivity index (χ4v) is 1.45. The van der Waals surface area contributed by atoms with Crippen molar-refractivity contribution < 1.29 is 13.9 Å². The number of nitrogens with one attached hydrogen (secondary N) is 2. The first-order valence-corrected chi connectivity index (χ1v) is 6.15. The molecule has 1 amide bonds. The van der Waals surface area contributed by atoms with E-state index in [1.54, 1.807) is 20.8 Å². The minimum Gasteiger partial charge on any atom is -0.444 e. The van der Waals surface area contributed by atoms with E-state index < -0.39 is 11.7 Å². The van der Waals surface area contributed by atoms with Crippen molar-refractivity contribution in [3.05, 3.63) is 10.7 Å². The first-order chi connectivity index (χ1) is 8.19. The summed E-state index contributed by atoms with van der Waals surface area (Å²) in [4.78, 5) is 11.9. The van der Waals surface area contributed by atoms with Crippen molar-refractivity contribution >= 4 is 18.3 Å². The van der Waals surface area contributed by atoms with Gasteiger partial charge < -0.3 is 14.5 Å². The van der Waals surface area contributed by atoms with Crippen molar-refractivity contribution in [2.75, 3.05) is 0 Å². The molecule has 2 N–H and O–H groups in total. The van der Waals surface area contributed by atoms with Gasteiger partial charge in [-0.2, -0.15) is 0 Å². The van der Waals surface area contributed by atoms with Crippen molar-refractivity contribution in [3.63, 3.8) is 0 Å². The molecule has 1 aromatic rings. The first kappa shape index (κ1) is 14.7. The Balaban J connectivity index is 2.76. The largest absolute Gasteiger partial charge is 0.444 e. The van der Waals surface area contributed by atoms with Gasteiger partial charge in [-0.25, -0.2) is 9.89 Å². The highest BCUT2D eigenvalue weighted by Crippen LogP contribution is 2.20. The third-order valence-electron chi connectivity index (χ3n) is 2.06. The number of hydrogen-bond donors (Lipinski definition) is 2. The van der Waals surface area contributed by atoms with Crippen LogP contribution in [0.1, 0.15) is 46.6 Å². The molecule has 1 atom stereocenters. The van der Waals surface area contributed by atoms with Crippen molar-refractivity contribution in [1.29, 1.82) is 0 Å². The molecule has 0 spiro atoms. The lowest BCUT2D eigenvalue weighted by molar-refractivity contribution is 0.0479. The number of nitrogens with zero attached hydrogens (tertiary/aromatic N) is 1. The highest BCUT2D eigenvalue weighted by molar-refractivity contribution is 7.71. The molecule has 0 saturated heterocycles. The van der Waals surface area contributed by atoms with Crippen LogP contribution in [0.2, 0.25) is 0 Å². The van der Waals surface area contributed by atoms with Gasteiger partial charge in [0.05, 0.1) is 0 Å². The molecular formula is C11H19N3O3S. The van der Waals surface area contributed by atoms with E-state index >= 15 is 0 Å². The molecule has 0 aromatic carbocycles. The van der Waals surface area contributed by atoms with E-state index in [1.807, 2.05) is 13.8 Å². The van der Waals surface area contributed by atoms with Crippen LogP contribution in [0.5, 0.6) is 0 Å². The summed E-state index contributed by atoms with van der Waals surface area (Å²) in [6.07, 6.45) is -0.509. The van der Waals surface area contributed by atoms with Gasteiger partial charge in [0.25, 0.3) is 4.84 Å². The second-order valence-electron chi connectivity index (χ2n) is 5.32. The lowest BCUT2D eigenvalue weighted by Crippen LogP contribution is -2.37. The summed E-state index contributed by atoms with van der Waals surface area (Å²) in [5, 5.41) is 9.17. The van der Waals surface area contributed by atoms with Crippen LogP contribution in [0.3, 0.4) is 0 Å². The third-order valence-corrected chi connectivity index (χ3v) is 2.23. The molecule has 0 aliphatic carbocycles. The molecule has 0 bridgehead atoms. The topological polar surface area (TPSA) is 80.1 Å². The molecule has 1 rings (SSSR count). The van der Waals surface area contributed by atoms with Gasteiger partial charge in [0.15, 0.2) is 0 Å². The molecule has 18 heavy (non-hydrogen) atoms. The average Bonchev–Trinajstić information content (AvgIpc) is 2.57. The van der Waals surface area contributed by atoms with Crippen LogP contribution in [-0.2, 0) is 4.74 Å². The molecule has 1 unspecified atom stereocenters. The maximum atomic E-state index is 11.7. The van der Waals surface area contributed by atoms with Gasteiger partial charge in [0.1, 0.15) is 11.6 Å². The van der Waals surface area contributed by atoms with Crippen LogP contribution in [0, 0.1) is 10.8 Å². The molecule has 0 aliphatic rings. The quantitative estimate of drug-likeness (QED) is 0.828. The van der Waals surface area contributed by atoms with Gasteiger partial charge in [0.2, 0.25) is 5.89 Å². The SMILES string of the molecule is CC(C)C(NC(=O)OC(C)(C)C)c1n[nH]c(=S)o1. The Kier molecular flexibility index (Phi) is 4.50. The number of ether oxygens (including phenoxy) is 1. The molecule has 1 heterocycles. The zero-order valence-corrected chi connectivity index (χ0v) is 12.1. The fourth-order valence-electron chi connectivity index (χ4n) is 1.32. The summed E-state index contributed by atoms with van der Waals surface area (Å²) < 4.78 is 10.4. The van der Waals surface area contributed by atoms with Gasteiger partial charge >= 0.3 is 6.09 Å². The van der Waals surface area contributed by atoms with E-state index in [-0.39, 0.29) is 16.8 Å². The van der Waals surface area contributed by atoms with E-state index in [0.717, 1.165) is 0 Å². The fraction of sp³-hybridized carbons (Fsp3) is 0.727. The monoisotopic (exact) mass is 273 g/mol. The van der Waals surface area contributed by atoms with Gasteiger partial charge in [-0.1, -0.05) is 13.8 Å². The molecule has 102 valence electrons. The van der Waals surface area contributed by atoms with Crippen LogP contribution in [0.4, 0.5) is 4.79 Å². The minimum atomic E-state index is -0.544. The number of alkyl carbamates (subject to hydrolysis) is 1. The van der Waals surface area contributed by atoms with Crippen molar-refractivity contribution in [1.82, 2.24) is 15.5 Å². The second kappa shape index (κ2) is 5.51. The maximum absolute atomic E-state index is 11.7. The normalized spacial score (nSPS) is 13.4. The molecular weight excluding hydrogens is 254 g/mol. The first-order valence-electron chi connectivity index (χ1n) is 5.74. The van der Waals surface area contributed by atoms with Crippen LogP contribution in [0.25, 0.3) is 0 Å². The Morgan fingerprint density at radius 1 is 1.50 bits per heavy atom. The van der Waals surface area contributed by atoms with Crippen LogP contribution in [0.15, 0.2) is 4.42 Å². The van der Waals surface area contributed by atoms with Gasteiger partial charge in [-0.05, 0) is 38.9 Å². The van der Waals surface area contributed by atoms with E-state index in [9.17, 15) is 4.79 Å². The van der Waals surface area contributed by atoms with E-state index in [4.69, 9.17) is 21.4 Å². The number of hydrogen-bond acceptors (Lipinski definition) is 5. The summed E-state index contributed by atoms with van der Waals surface area (Å²) in [6.45, 7) is 9.29. The molecule has 0 saturated carbocycles. The Morgan fingerprint density at radius 3 is 2.50 bits per heavy atom. The van der Waals surface area contributed by atoms with Crippen molar-refractivity contribution in [2.24, 2.45) is 5.92 Å². The van der Waals surface area contributed by atoms with E-state index in [0.29, 0.717) is 5.89 Å². The minimum absolute atomic E-state index is 0.0963. The average molecular weight is 273 g/mol. The second-order valence-corrected chi connectivity index (χ2v) is 5.69. The number of rotatable bonds is 3. The van der Waals surface area contributed by atoms with E-state index in [2.05, 4.69) is 15.5 Å². The third kappa shape index (κ3) is 4.48. The summed E-state index contributed by atoms with van der Waals surface area (Å²) in [6, 6.07) is -0.382. The highest BCUT2D eigenvalue weighted by Gasteiger charge is 2.25. The zero-order valence-electron chi connectivity index (χ0n) is 11.2. The number of H-pyrrole nitrogens is 1. The van der Waals surface area contributed by atoms with Gasteiger partial charge in [0, 0.05) is 0 Å². The maximum Gasteiger partial charge on any atom is 0.408 e. The Hall–Kier alpha value is -1.37. The number of carbonyl (C=O) groups is 1. The lowest BCUT2D eigenvalue weighted by atomic mass is 10.1. The molecule has 0 radical (unpaired) electrons.